The number of alkyl halides is 3. The first-order chi connectivity index (χ1) is 10.8. The van der Waals surface area contributed by atoms with Crippen molar-refractivity contribution in [3.8, 4) is 5.75 Å². The molecule has 0 radical (unpaired) electrons. The van der Waals surface area contributed by atoms with Crippen molar-refractivity contribution in [2.75, 3.05) is 11.1 Å². The molecule has 2 aromatic carbocycles. The number of benzene rings is 2. The van der Waals surface area contributed by atoms with Crippen molar-refractivity contribution in [3.05, 3.63) is 53.6 Å². The minimum absolute atomic E-state index is 0.0571. The Balaban J connectivity index is 2.04. The third kappa shape index (κ3) is 2.93. The summed E-state index contributed by atoms with van der Waals surface area (Å²) < 4.78 is 41.7. The minimum Gasteiger partial charge on any atom is -0.405 e. The van der Waals surface area contributed by atoms with Gasteiger partial charge in [-0.05, 0) is 24.3 Å². The van der Waals surface area contributed by atoms with Crippen LogP contribution in [0.4, 0.5) is 24.5 Å². The minimum atomic E-state index is -4.83. The maximum Gasteiger partial charge on any atom is 0.573 e. The van der Waals surface area contributed by atoms with E-state index in [0.717, 1.165) is 0 Å². The zero-order valence-electron chi connectivity index (χ0n) is 11.8. The van der Waals surface area contributed by atoms with Gasteiger partial charge in [-0.25, -0.2) is 4.99 Å². The molecule has 23 heavy (non-hydrogen) atoms. The zero-order valence-corrected chi connectivity index (χ0v) is 11.8. The molecule has 1 heterocycles. The first-order valence-electron chi connectivity index (χ1n) is 6.64. The van der Waals surface area contributed by atoms with Gasteiger partial charge in [0.05, 0.1) is 5.56 Å². The molecule has 1 aliphatic rings. The highest BCUT2D eigenvalue weighted by Gasteiger charge is 2.37. The summed E-state index contributed by atoms with van der Waals surface area (Å²) in [6.45, 7) is 0. The second-order valence-corrected chi connectivity index (χ2v) is 5.00. The number of fused-ring (bicyclic) bond motifs is 1. The van der Waals surface area contributed by atoms with Gasteiger partial charge in [0.15, 0.2) is 0 Å². The summed E-state index contributed by atoms with van der Waals surface area (Å²) in [4.78, 5) is 4.14. The van der Waals surface area contributed by atoms with Crippen LogP contribution in [0.25, 0.3) is 0 Å². The lowest BCUT2D eigenvalue weighted by Crippen LogP contribution is -2.45. The van der Waals surface area contributed by atoms with Crippen molar-refractivity contribution in [1.82, 2.24) is 0 Å². The van der Waals surface area contributed by atoms with E-state index in [2.05, 4.69) is 15.0 Å². The summed E-state index contributed by atoms with van der Waals surface area (Å²) in [5.74, 6) is -2.01. The van der Waals surface area contributed by atoms with E-state index in [1.807, 2.05) is 0 Å². The van der Waals surface area contributed by atoms with Crippen molar-refractivity contribution in [3.63, 3.8) is 0 Å². The molecule has 0 aliphatic carbocycles. The van der Waals surface area contributed by atoms with Crippen LogP contribution in [0.2, 0.25) is 0 Å². The third-order valence-corrected chi connectivity index (χ3v) is 3.39. The molecule has 0 aromatic heterocycles. The summed E-state index contributed by atoms with van der Waals surface area (Å²) >= 11 is 0. The summed E-state index contributed by atoms with van der Waals surface area (Å²) in [7, 11) is 0. The van der Waals surface area contributed by atoms with E-state index < -0.39 is 17.9 Å². The van der Waals surface area contributed by atoms with Gasteiger partial charge in [0.25, 0.3) is 0 Å². The average Bonchev–Trinajstić information content (AvgIpc) is 2.46. The molecule has 0 saturated heterocycles. The van der Waals surface area contributed by atoms with Crippen molar-refractivity contribution < 1.29 is 17.9 Å². The SMILES string of the molecule is Nc1cccc2c1C=NC(N)(c1ccccc1OC(F)(F)F)N2. The monoisotopic (exact) mass is 322 g/mol. The maximum absolute atomic E-state index is 12.6. The summed E-state index contributed by atoms with van der Waals surface area (Å²) in [5, 5.41) is 2.91. The predicted molar refractivity (Wildman–Crippen MR) is 81.1 cm³/mol. The van der Waals surface area contributed by atoms with Gasteiger partial charge in [-0.3, -0.25) is 5.73 Å². The number of hydrogen-bond donors (Lipinski definition) is 3. The molecular formula is C15H13F3N4O. The molecule has 1 aliphatic heterocycles. The van der Waals surface area contributed by atoms with Gasteiger partial charge in [-0.2, -0.15) is 0 Å². The number of nitrogens with two attached hydrogens (primary N) is 2. The number of anilines is 2. The van der Waals surface area contributed by atoms with Gasteiger partial charge in [0.1, 0.15) is 5.75 Å². The van der Waals surface area contributed by atoms with Crippen LogP contribution >= 0.6 is 0 Å². The standard InChI is InChI=1S/C15H13F3N4O/c16-15(17,18)23-13-7-2-1-4-10(13)14(20)21-8-9-11(19)5-3-6-12(9)22-14/h1-8,22H,19-20H2. The number of halogens is 3. The van der Waals surface area contributed by atoms with Gasteiger partial charge in [0.2, 0.25) is 5.79 Å². The average molecular weight is 322 g/mol. The number of nitrogens with one attached hydrogen (secondary N) is 1. The molecule has 0 fully saturated rings. The number of para-hydroxylation sites is 1. The van der Waals surface area contributed by atoms with Gasteiger partial charge >= 0.3 is 6.36 Å². The molecular weight excluding hydrogens is 309 g/mol. The lowest BCUT2D eigenvalue weighted by Gasteiger charge is -2.33. The molecule has 1 atom stereocenters. The zero-order chi connectivity index (χ0) is 16.7. The Morgan fingerprint density at radius 1 is 1.09 bits per heavy atom. The molecule has 0 saturated carbocycles. The number of rotatable bonds is 2. The molecule has 1 unspecified atom stereocenters. The number of hydrogen-bond acceptors (Lipinski definition) is 5. The first-order valence-corrected chi connectivity index (χ1v) is 6.64. The Morgan fingerprint density at radius 3 is 2.57 bits per heavy atom. The lowest BCUT2D eigenvalue weighted by atomic mass is 10.0. The highest BCUT2D eigenvalue weighted by Crippen LogP contribution is 2.37. The number of nitrogens with zero attached hydrogens (tertiary/aromatic N) is 1. The normalized spacial score (nSPS) is 19.8. The Kier molecular flexibility index (Phi) is 3.41. The van der Waals surface area contributed by atoms with Gasteiger partial charge in [0, 0.05) is 23.2 Å². The molecule has 3 rings (SSSR count). The highest BCUT2D eigenvalue weighted by molar-refractivity contribution is 5.96. The lowest BCUT2D eigenvalue weighted by molar-refractivity contribution is -0.275. The van der Waals surface area contributed by atoms with Crippen LogP contribution in [0.15, 0.2) is 47.5 Å². The van der Waals surface area contributed by atoms with E-state index in [9.17, 15) is 13.2 Å². The Bertz CT molecular complexity index is 776. The van der Waals surface area contributed by atoms with Gasteiger partial charge < -0.3 is 15.8 Å². The largest absolute Gasteiger partial charge is 0.573 e. The fourth-order valence-corrected chi connectivity index (χ4v) is 2.37. The van der Waals surface area contributed by atoms with E-state index in [4.69, 9.17) is 11.5 Å². The molecule has 2 aromatic rings. The number of ether oxygens (including phenoxy) is 1. The Morgan fingerprint density at radius 2 is 1.83 bits per heavy atom. The molecule has 5 nitrogen and oxygen atoms in total. The first kappa shape index (κ1) is 15.2. The summed E-state index contributed by atoms with van der Waals surface area (Å²) in [6, 6.07) is 10.7. The quantitative estimate of drug-likeness (QED) is 0.742. The van der Waals surface area contributed by atoms with Gasteiger partial charge in [-0.1, -0.05) is 18.2 Å². The van der Waals surface area contributed by atoms with Crippen LogP contribution in [0.1, 0.15) is 11.1 Å². The van der Waals surface area contributed by atoms with Crippen molar-refractivity contribution in [1.29, 1.82) is 0 Å². The van der Waals surface area contributed by atoms with Crippen LogP contribution in [-0.4, -0.2) is 12.6 Å². The van der Waals surface area contributed by atoms with E-state index in [-0.39, 0.29) is 5.56 Å². The molecule has 5 N–H and O–H groups in total. The summed E-state index contributed by atoms with van der Waals surface area (Å²) in [5.41, 5.74) is 13.7. The van der Waals surface area contributed by atoms with Crippen LogP contribution in [0.3, 0.4) is 0 Å². The van der Waals surface area contributed by atoms with Crippen molar-refractivity contribution in [2.24, 2.45) is 10.7 Å². The highest BCUT2D eigenvalue weighted by atomic mass is 19.4. The van der Waals surface area contributed by atoms with E-state index >= 15 is 0 Å². The second-order valence-electron chi connectivity index (χ2n) is 5.00. The predicted octanol–water partition coefficient (Wildman–Crippen LogP) is 2.78. The number of aliphatic imine (C=N–C) groups is 1. The third-order valence-electron chi connectivity index (χ3n) is 3.39. The smallest absolute Gasteiger partial charge is 0.405 e. The van der Waals surface area contributed by atoms with Gasteiger partial charge in [-0.15, -0.1) is 13.2 Å². The van der Waals surface area contributed by atoms with Crippen molar-refractivity contribution >= 4 is 17.6 Å². The van der Waals surface area contributed by atoms with Crippen LogP contribution in [0.5, 0.6) is 5.75 Å². The van der Waals surface area contributed by atoms with Crippen LogP contribution < -0.4 is 21.5 Å². The molecule has 120 valence electrons. The Labute approximate surface area is 129 Å². The van der Waals surface area contributed by atoms with E-state index in [1.54, 1.807) is 24.3 Å². The van der Waals surface area contributed by atoms with Crippen LogP contribution in [0, 0.1) is 0 Å². The fourth-order valence-electron chi connectivity index (χ4n) is 2.37. The summed E-state index contributed by atoms with van der Waals surface area (Å²) in [6.07, 6.45) is -3.39. The molecule has 0 amide bonds. The van der Waals surface area contributed by atoms with E-state index in [1.165, 1.54) is 24.4 Å². The Hall–Kier alpha value is -2.74. The van der Waals surface area contributed by atoms with E-state index in [0.29, 0.717) is 16.9 Å². The molecule has 0 spiro atoms. The second kappa shape index (κ2) is 5.17. The van der Waals surface area contributed by atoms with Crippen molar-refractivity contribution in [2.45, 2.75) is 12.1 Å². The maximum atomic E-state index is 12.6. The molecule has 0 bridgehead atoms. The van der Waals surface area contributed by atoms with Crippen LogP contribution in [-0.2, 0) is 5.79 Å². The fraction of sp³-hybridized carbons (Fsp3) is 0.133. The molecule has 8 heteroatoms. The topological polar surface area (TPSA) is 85.7 Å². The number of nitrogen functional groups attached to an aromatic ring is 1.